The van der Waals surface area contributed by atoms with E-state index >= 15 is 0 Å². The highest BCUT2D eigenvalue weighted by Gasteiger charge is 2.46. The average Bonchev–Trinajstić information content (AvgIpc) is 3.02. The van der Waals surface area contributed by atoms with Crippen LogP contribution in [0.2, 0.25) is 0 Å². The van der Waals surface area contributed by atoms with Crippen LogP contribution in [0.25, 0.3) is 10.4 Å². The predicted molar refractivity (Wildman–Crippen MR) is 70.9 cm³/mol. The normalized spacial score (nSPS) is 29.8. The van der Waals surface area contributed by atoms with Gasteiger partial charge in [-0.1, -0.05) is 10.3 Å². The van der Waals surface area contributed by atoms with Gasteiger partial charge in [0.2, 0.25) is 0 Å². The molecule has 1 fully saturated rings. The maximum absolute atomic E-state index is 11.2. The van der Waals surface area contributed by atoms with Crippen LogP contribution in [0.5, 0.6) is 0 Å². The molecule has 2 rings (SSSR count). The number of aliphatic hydroxyl groups is 1. The van der Waals surface area contributed by atoms with Gasteiger partial charge in [0.25, 0.3) is 0 Å². The maximum atomic E-state index is 11.2. The Morgan fingerprint density at radius 3 is 2.95 bits per heavy atom. The summed E-state index contributed by atoms with van der Waals surface area (Å²) in [6, 6.07) is -1.13. The minimum Gasteiger partial charge on any atom is -0.459 e. The summed E-state index contributed by atoms with van der Waals surface area (Å²) in [6.07, 6.45) is 1.41. The first kappa shape index (κ1) is 15.8. The van der Waals surface area contributed by atoms with Crippen molar-refractivity contribution in [1.29, 1.82) is 0 Å². The average molecular weight is 310 g/mol. The van der Waals surface area contributed by atoms with Gasteiger partial charge in [-0.15, -0.1) is 0 Å². The molecule has 11 heteroatoms. The molecular weight excluding hydrogens is 296 g/mol. The number of carbonyl (C=O) groups is 1. The fourth-order valence-corrected chi connectivity index (χ4v) is 2.23. The van der Waals surface area contributed by atoms with Gasteiger partial charge in [-0.25, -0.2) is 4.98 Å². The minimum atomic E-state index is -1.13. The number of imidazole rings is 1. The number of azide groups is 1. The molecule has 2 heterocycles. The zero-order valence-corrected chi connectivity index (χ0v) is 11.6. The molecule has 0 amide bonds. The molecule has 2 N–H and O–H groups in total. The second-order valence-electron chi connectivity index (χ2n) is 4.47. The molecule has 0 spiro atoms. The van der Waals surface area contributed by atoms with Crippen LogP contribution in [0.15, 0.2) is 29.0 Å². The largest absolute Gasteiger partial charge is 0.459 e. The van der Waals surface area contributed by atoms with E-state index in [1.165, 1.54) is 24.0 Å². The van der Waals surface area contributed by atoms with Crippen LogP contribution in [0.1, 0.15) is 13.2 Å². The number of hydrogen-bond acceptors (Lipinski definition) is 8. The van der Waals surface area contributed by atoms with E-state index in [1.54, 1.807) is 6.20 Å². The quantitative estimate of drug-likeness (QED) is 0.202. The van der Waals surface area contributed by atoms with Gasteiger partial charge >= 0.3 is 5.97 Å². The molecule has 1 aromatic rings. The second kappa shape index (κ2) is 6.89. The second-order valence-corrected chi connectivity index (χ2v) is 4.47. The van der Waals surface area contributed by atoms with Crippen molar-refractivity contribution < 1.29 is 24.6 Å². The molecule has 118 valence electrons. The van der Waals surface area contributed by atoms with Gasteiger partial charge in [-0.3, -0.25) is 4.79 Å². The van der Waals surface area contributed by atoms with Crippen molar-refractivity contribution in [3.63, 3.8) is 0 Å². The standard InChI is InChI=1S/C11H14N6O5/c1-6(19)21-10-7(4-18)22-11(17-3-2-13-5-17)9(15-20)8(10)14-16-12/h2-3,5,7-8,10-11,18,20H,4H2,1H3/b15-9+/t7-,8+,10-,11-/m1/s1. The molecular formula is C11H14N6O5. The van der Waals surface area contributed by atoms with Gasteiger partial charge < -0.3 is 24.4 Å². The molecule has 1 aliphatic rings. The van der Waals surface area contributed by atoms with Crippen LogP contribution in [-0.4, -0.2) is 56.4 Å². The number of oxime groups is 1. The fourth-order valence-electron chi connectivity index (χ4n) is 2.23. The summed E-state index contributed by atoms with van der Waals surface area (Å²) in [5, 5.41) is 25.3. The first-order valence-corrected chi connectivity index (χ1v) is 6.29. The van der Waals surface area contributed by atoms with Crippen LogP contribution < -0.4 is 0 Å². The van der Waals surface area contributed by atoms with Gasteiger partial charge in [0, 0.05) is 24.2 Å². The van der Waals surface area contributed by atoms with Crippen molar-refractivity contribution >= 4 is 11.7 Å². The van der Waals surface area contributed by atoms with Crippen molar-refractivity contribution in [2.24, 2.45) is 10.3 Å². The summed E-state index contributed by atoms with van der Waals surface area (Å²) in [7, 11) is 0. The van der Waals surface area contributed by atoms with E-state index in [-0.39, 0.29) is 5.71 Å². The SMILES string of the molecule is CC(=O)O[C@@H]1[C@@H](CO)O[C@@H](n2ccnc2)/C(=N/O)[C@@H]1N=[N+]=[N-]. The van der Waals surface area contributed by atoms with E-state index < -0.39 is 37.1 Å². The third-order valence-electron chi connectivity index (χ3n) is 3.11. The Bertz CT molecular complexity index is 596. The summed E-state index contributed by atoms with van der Waals surface area (Å²) in [4.78, 5) is 17.7. The molecule has 0 unspecified atom stereocenters. The van der Waals surface area contributed by atoms with Gasteiger partial charge in [-0.05, 0) is 5.53 Å². The van der Waals surface area contributed by atoms with E-state index in [0.29, 0.717) is 0 Å². The van der Waals surface area contributed by atoms with Crippen LogP contribution in [0, 0.1) is 0 Å². The number of rotatable bonds is 4. The Balaban J connectivity index is 2.43. The summed E-state index contributed by atoms with van der Waals surface area (Å²) in [5.74, 6) is -0.649. The molecule has 1 aromatic heterocycles. The Morgan fingerprint density at radius 2 is 2.45 bits per heavy atom. The number of aromatic nitrogens is 2. The third kappa shape index (κ3) is 3.01. The van der Waals surface area contributed by atoms with Gasteiger partial charge in [0.05, 0.1) is 12.9 Å². The van der Waals surface area contributed by atoms with E-state index in [4.69, 9.17) is 15.0 Å². The van der Waals surface area contributed by atoms with E-state index in [0.717, 1.165) is 0 Å². The third-order valence-corrected chi connectivity index (χ3v) is 3.11. The number of aliphatic hydroxyl groups excluding tert-OH is 1. The number of carbonyl (C=O) groups excluding carboxylic acids is 1. The molecule has 4 atom stereocenters. The first-order chi connectivity index (χ1) is 10.6. The Kier molecular flexibility index (Phi) is 4.94. The zero-order valence-electron chi connectivity index (χ0n) is 11.6. The highest BCUT2D eigenvalue weighted by atomic mass is 16.6. The topological polar surface area (TPSA) is 155 Å². The summed E-state index contributed by atoms with van der Waals surface area (Å²) in [5.41, 5.74) is 8.66. The molecule has 22 heavy (non-hydrogen) atoms. The summed E-state index contributed by atoms with van der Waals surface area (Å²) in [6.45, 7) is 0.679. The van der Waals surface area contributed by atoms with E-state index in [9.17, 15) is 15.1 Å². The van der Waals surface area contributed by atoms with Crippen LogP contribution in [0.4, 0.5) is 0 Å². The summed E-state index contributed by atoms with van der Waals surface area (Å²) >= 11 is 0. The van der Waals surface area contributed by atoms with E-state index in [1.807, 2.05) is 0 Å². The minimum absolute atomic E-state index is 0.0632. The molecule has 0 radical (unpaired) electrons. The molecule has 0 bridgehead atoms. The molecule has 1 aliphatic heterocycles. The number of hydrogen-bond donors (Lipinski definition) is 2. The predicted octanol–water partition coefficient (Wildman–Crippen LogP) is 0.214. The fraction of sp³-hybridized carbons (Fsp3) is 0.545. The molecule has 1 saturated heterocycles. The van der Waals surface area contributed by atoms with Crippen LogP contribution in [-0.2, 0) is 14.3 Å². The Morgan fingerprint density at radius 1 is 1.68 bits per heavy atom. The number of ether oxygens (including phenoxy) is 2. The lowest BCUT2D eigenvalue weighted by molar-refractivity contribution is -0.169. The Labute approximate surface area is 124 Å². The monoisotopic (exact) mass is 310 g/mol. The molecule has 11 nitrogen and oxygen atoms in total. The van der Waals surface area contributed by atoms with E-state index in [2.05, 4.69) is 20.2 Å². The molecule has 0 aliphatic carbocycles. The molecule has 0 saturated carbocycles. The van der Waals surface area contributed by atoms with Crippen molar-refractivity contribution in [1.82, 2.24) is 9.55 Å². The van der Waals surface area contributed by atoms with Crippen molar-refractivity contribution in [2.45, 2.75) is 31.4 Å². The Hall–Kier alpha value is -2.62. The lowest BCUT2D eigenvalue weighted by Gasteiger charge is -2.39. The van der Waals surface area contributed by atoms with Gasteiger partial charge in [0.1, 0.15) is 24.0 Å². The van der Waals surface area contributed by atoms with Gasteiger partial charge in [0.15, 0.2) is 6.23 Å². The van der Waals surface area contributed by atoms with Crippen LogP contribution >= 0.6 is 0 Å². The maximum Gasteiger partial charge on any atom is 0.303 e. The van der Waals surface area contributed by atoms with Crippen molar-refractivity contribution in [3.8, 4) is 0 Å². The number of esters is 1. The van der Waals surface area contributed by atoms with Crippen LogP contribution in [0.3, 0.4) is 0 Å². The first-order valence-electron chi connectivity index (χ1n) is 6.29. The highest BCUT2D eigenvalue weighted by Crippen LogP contribution is 2.29. The highest BCUT2D eigenvalue weighted by molar-refractivity contribution is 5.93. The number of nitrogens with zero attached hydrogens (tertiary/aromatic N) is 6. The van der Waals surface area contributed by atoms with Crippen molar-refractivity contribution in [2.75, 3.05) is 6.61 Å². The zero-order chi connectivity index (χ0) is 16.1. The smallest absolute Gasteiger partial charge is 0.303 e. The van der Waals surface area contributed by atoms with Gasteiger partial charge in [-0.2, -0.15) is 0 Å². The van der Waals surface area contributed by atoms with Crippen molar-refractivity contribution in [3.05, 3.63) is 29.2 Å². The molecule has 0 aromatic carbocycles. The lowest BCUT2D eigenvalue weighted by Crippen LogP contribution is -2.55. The summed E-state index contributed by atoms with van der Waals surface area (Å²) < 4.78 is 12.1. The lowest BCUT2D eigenvalue weighted by atomic mass is 9.96.